The van der Waals surface area contributed by atoms with Crippen molar-refractivity contribution < 1.29 is 9.84 Å². The average molecular weight is 210 g/mol. The lowest BCUT2D eigenvalue weighted by atomic mass is 10.1. The molecule has 84 valence electrons. The number of aryl methyl sites for hydroxylation is 2. The Morgan fingerprint density at radius 3 is 2.60 bits per heavy atom. The van der Waals surface area contributed by atoms with Gasteiger partial charge in [-0.2, -0.15) is 10.2 Å². The van der Waals surface area contributed by atoms with Crippen LogP contribution in [0, 0.1) is 13.8 Å². The summed E-state index contributed by atoms with van der Waals surface area (Å²) in [5.74, 6) is 0. The van der Waals surface area contributed by atoms with Gasteiger partial charge in [-0.05, 0) is 33.8 Å². The summed E-state index contributed by atoms with van der Waals surface area (Å²) in [6.45, 7) is 7.86. The van der Waals surface area contributed by atoms with E-state index in [0.29, 0.717) is 6.61 Å². The van der Waals surface area contributed by atoms with Gasteiger partial charge in [0.15, 0.2) is 0 Å². The van der Waals surface area contributed by atoms with Crippen LogP contribution in [0.15, 0.2) is 6.07 Å². The highest BCUT2D eigenvalue weighted by molar-refractivity contribution is 5.22. The Kier molecular flexibility index (Phi) is 4.17. The van der Waals surface area contributed by atoms with Gasteiger partial charge in [0.2, 0.25) is 0 Å². The molecule has 1 N–H and O–H groups in total. The number of aliphatic hydroxyl groups excluding tert-OH is 1. The van der Waals surface area contributed by atoms with E-state index in [1.165, 1.54) is 0 Å². The zero-order valence-corrected chi connectivity index (χ0v) is 9.69. The molecule has 4 heteroatoms. The van der Waals surface area contributed by atoms with Gasteiger partial charge in [-0.15, -0.1) is 0 Å². The van der Waals surface area contributed by atoms with Crippen molar-refractivity contribution in [2.45, 2.75) is 39.9 Å². The fraction of sp³-hybridized carbons (Fsp3) is 0.636. The second kappa shape index (κ2) is 5.19. The van der Waals surface area contributed by atoms with Gasteiger partial charge in [0, 0.05) is 5.56 Å². The van der Waals surface area contributed by atoms with Crippen molar-refractivity contribution in [1.82, 2.24) is 10.2 Å². The Morgan fingerprint density at radius 1 is 1.33 bits per heavy atom. The molecule has 1 aromatic heterocycles. The van der Waals surface area contributed by atoms with Crippen LogP contribution in [-0.2, 0) is 4.74 Å². The number of hydrogen-bond donors (Lipinski definition) is 1. The predicted molar refractivity (Wildman–Crippen MR) is 57.6 cm³/mol. The third-order valence-corrected chi connectivity index (χ3v) is 2.09. The van der Waals surface area contributed by atoms with Crippen LogP contribution in [0.3, 0.4) is 0 Å². The molecule has 0 bridgehead atoms. The molecule has 0 aromatic carbocycles. The minimum atomic E-state index is -0.624. The SMILES string of the molecule is Cc1cc(C(O)COC(C)C)c(C)nn1. The second-order valence-electron chi connectivity index (χ2n) is 3.92. The molecule has 0 fully saturated rings. The molecule has 1 unspecified atom stereocenters. The van der Waals surface area contributed by atoms with Crippen LogP contribution in [0.25, 0.3) is 0 Å². The molecule has 4 nitrogen and oxygen atoms in total. The van der Waals surface area contributed by atoms with Crippen molar-refractivity contribution in [2.75, 3.05) is 6.61 Å². The summed E-state index contributed by atoms with van der Waals surface area (Å²) in [6.07, 6.45) is -0.502. The monoisotopic (exact) mass is 210 g/mol. The van der Waals surface area contributed by atoms with Crippen molar-refractivity contribution in [1.29, 1.82) is 0 Å². The van der Waals surface area contributed by atoms with E-state index in [4.69, 9.17) is 4.74 Å². The fourth-order valence-corrected chi connectivity index (χ4v) is 1.28. The van der Waals surface area contributed by atoms with E-state index in [9.17, 15) is 5.11 Å². The number of ether oxygens (including phenoxy) is 1. The molecule has 0 saturated carbocycles. The van der Waals surface area contributed by atoms with Gasteiger partial charge in [-0.25, -0.2) is 0 Å². The number of nitrogens with zero attached hydrogens (tertiary/aromatic N) is 2. The van der Waals surface area contributed by atoms with E-state index in [2.05, 4.69) is 10.2 Å². The van der Waals surface area contributed by atoms with E-state index in [1.807, 2.05) is 33.8 Å². The lowest BCUT2D eigenvalue weighted by Gasteiger charge is -2.15. The number of aromatic nitrogens is 2. The van der Waals surface area contributed by atoms with Crippen LogP contribution in [-0.4, -0.2) is 28.0 Å². The molecule has 15 heavy (non-hydrogen) atoms. The van der Waals surface area contributed by atoms with Crippen LogP contribution in [0.1, 0.15) is 36.9 Å². The fourth-order valence-electron chi connectivity index (χ4n) is 1.28. The van der Waals surface area contributed by atoms with Gasteiger partial charge in [-0.1, -0.05) is 0 Å². The first-order chi connectivity index (χ1) is 7.00. The molecule has 0 aliphatic rings. The molecule has 0 spiro atoms. The molecule has 1 atom stereocenters. The largest absolute Gasteiger partial charge is 0.386 e. The van der Waals surface area contributed by atoms with Crippen molar-refractivity contribution in [3.63, 3.8) is 0 Å². The molecule has 0 aliphatic carbocycles. The van der Waals surface area contributed by atoms with Gasteiger partial charge in [0.05, 0.1) is 24.1 Å². The number of hydrogen-bond acceptors (Lipinski definition) is 4. The Balaban J connectivity index is 2.72. The Morgan fingerprint density at radius 2 is 2.00 bits per heavy atom. The Labute approximate surface area is 90.3 Å². The van der Waals surface area contributed by atoms with Crippen molar-refractivity contribution in [2.24, 2.45) is 0 Å². The second-order valence-corrected chi connectivity index (χ2v) is 3.92. The zero-order valence-electron chi connectivity index (χ0n) is 9.69. The lowest BCUT2D eigenvalue weighted by Crippen LogP contribution is -2.14. The lowest BCUT2D eigenvalue weighted by molar-refractivity contribution is 0.00445. The molecular weight excluding hydrogens is 192 g/mol. The maximum absolute atomic E-state index is 9.88. The molecule has 1 heterocycles. The molecular formula is C11H18N2O2. The standard InChI is InChI=1S/C11H18N2O2/c1-7(2)15-6-11(14)10-5-8(3)12-13-9(10)4/h5,7,11,14H,6H2,1-4H3. The van der Waals surface area contributed by atoms with Gasteiger partial charge >= 0.3 is 0 Å². The van der Waals surface area contributed by atoms with Crippen LogP contribution < -0.4 is 0 Å². The smallest absolute Gasteiger partial charge is 0.104 e. The average Bonchev–Trinajstić information content (AvgIpc) is 2.18. The molecule has 0 saturated heterocycles. The third kappa shape index (κ3) is 3.57. The van der Waals surface area contributed by atoms with E-state index in [0.717, 1.165) is 17.0 Å². The van der Waals surface area contributed by atoms with Crippen LogP contribution in [0.5, 0.6) is 0 Å². The summed E-state index contributed by atoms with van der Waals surface area (Å²) < 4.78 is 5.35. The van der Waals surface area contributed by atoms with Crippen LogP contribution >= 0.6 is 0 Å². The molecule has 0 radical (unpaired) electrons. The molecule has 0 amide bonds. The van der Waals surface area contributed by atoms with E-state index in [-0.39, 0.29) is 6.10 Å². The van der Waals surface area contributed by atoms with Crippen molar-refractivity contribution in [3.8, 4) is 0 Å². The highest BCUT2D eigenvalue weighted by Crippen LogP contribution is 2.16. The Bertz CT molecular complexity index is 326. The topological polar surface area (TPSA) is 55.2 Å². The summed E-state index contributed by atoms with van der Waals surface area (Å²) in [5, 5.41) is 17.8. The van der Waals surface area contributed by atoms with Crippen LogP contribution in [0.4, 0.5) is 0 Å². The van der Waals surface area contributed by atoms with Crippen molar-refractivity contribution >= 4 is 0 Å². The summed E-state index contributed by atoms with van der Waals surface area (Å²) in [5.41, 5.74) is 2.35. The van der Waals surface area contributed by atoms with E-state index in [1.54, 1.807) is 0 Å². The maximum Gasteiger partial charge on any atom is 0.104 e. The third-order valence-electron chi connectivity index (χ3n) is 2.09. The summed E-state index contributed by atoms with van der Waals surface area (Å²) >= 11 is 0. The number of aliphatic hydroxyl groups is 1. The minimum absolute atomic E-state index is 0.121. The molecule has 0 aliphatic heterocycles. The first kappa shape index (κ1) is 12.1. The molecule has 1 aromatic rings. The van der Waals surface area contributed by atoms with Gasteiger partial charge in [0.1, 0.15) is 6.10 Å². The summed E-state index contributed by atoms with van der Waals surface area (Å²) in [4.78, 5) is 0. The summed E-state index contributed by atoms with van der Waals surface area (Å²) in [7, 11) is 0. The first-order valence-electron chi connectivity index (χ1n) is 5.11. The van der Waals surface area contributed by atoms with Gasteiger partial charge < -0.3 is 9.84 Å². The first-order valence-corrected chi connectivity index (χ1v) is 5.11. The summed E-state index contributed by atoms with van der Waals surface area (Å²) in [6, 6.07) is 1.84. The quantitative estimate of drug-likeness (QED) is 0.819. The normalized spacial score (nSPS) is 13.2. The molecule has 1 rings (SSSR count). The highest BCUT2D eigenvalue weighted by atomic mass is 16.5. The predicted octanol–water partition coefficient (Wildman–Crippen LogP) is 1.55. The maximum atomic E-state index is 9.88. The minimum Gasteiger partial charge on any atom is -0.386 e. The van der Waals surface area contributed by atoms with E-state index >= 15 is 0 Å². The Hall–Kier alpha value is -1.00. The highest BCUT2D eigenvalue weighted by Gasteiger charge is 2.13. The zero-order chi connectivity index (χ0) is 11.4. The van der Waals surface area contributed by atoms with Gasteiger partial charge in [-0.3, -0.25) is 0 Å². The number of rotatable bonds is 4. The van der Waals surface area contributed by atoms with Crippen molar-refractivity contribution in [3.05, 3.63) is 23.0 Å². The van der Waals surface area contributed by atoms with Gasteiger partial charge in [0.25, 0.3) is 0 Å². The van der Waals surface area contributed by atoms with E-state index < -0.39 is 6.10 Å². The van der Waals surface area contributed by atoms with Crippen LogP contribution in [0.2, 0.25) is 0 Å².